The Morgan fingerprint density at radius 1 is 1.08 bits per heavy atom. The van der Waals surface area contributed by atoms with Gasteiger partial charge in [0.05, 0.1) is 12.0 Å². The average molecular weight is 339 g/mol. The van der Waals surface area contributed by atoms with E-state index in [9.17, 15) is 14.4 Å². The number of rotatable bonds is 2. The first-order chi connectivity index (χ1) is 12.0. The summed E-state index contributed by atoms with van der Waals surface area (Å²) in [6.07, 6.45) is 5.04. The number of likely N-dealkylation sites (tertiary alicyclic amines) is 1. The highest BCUT2D eigenvalue weighted by molar-refractivity contribution is 6.06. The Morgan fingerprint density at radius 3 is 2.60 bits per heavy atom. The van der Waals surface area contributed by atoms with E-state index in [0.29, 0.717) is 17.6 Å². The lowest BCUT2D eigenvalue weighted by Crippen LogP contribution is -2.36. The Balaban J connectivity index is 1.71. The molecule has 5 heteroatoms. The van der Waals surface area contributed by atoms with Gasteiger partial charge >= 0.3 is 5.63 Å². The van der Waals surface area contributed by atoms with Gasteiger partial charge in [0.2, 0.25) is 11.8 Å². The van der Waals surface area contributed by atoms with Gasteiger partial charge in [0, 0.05) is 17.9 Å². The van der Waals surface area contributed by atoms with Crippen molar-refractivity contribution in [1.29, 1.82) is 0 Å². The van der Waals surface area contributed by atoms with E-state index in [1.165, 1.54) is 11.0 Å². The molecule has 0 bridgehead atoms. The molecule has 0 unspecified atom stereocenters. The van der Waals surface area contributed by atoms with Crippen LogP contribution in [-0.2, 0) is 16.1 Å². The smallest absolute Gasteiger partial charge is 0.336 e. The number of nitrogens with zero attached hydrogens (tertiary/aromatic N) is 1. The molecule has 0 atom stereocenters. The van der Waals surface area contributed by atoms with Crippen molar-refractivity contribution in [2.24, 2.45) is 5.41 Å². The number of amides is 2. The molecule has 1 aliphatic heterocycles. The van der Waals surface area contributed by atoms with Crippen molar-refractivity contribution in [3.05, 3.63) is 45.8 Å². The minimum atomic E-state index is -0.499. The van der Waals surface area contributed by atoms with Crippen LogP contribution in [0.15, 0.2) is 33.5 Å². The third kappa shape index (κ3) is 2.68. The van der Waals surface area contributed by atoms with Crippen LogP contribution in [0.25, 0.3) is 11.0 Å². The first-order valence-corrected chi connectivity index (χ1v) is 8.87. The van der Waals surface area contributed by atoms with Crippen molar-refractivity contribution in [2.45, 2.75) is 52.0 Å². The van der Waals surface area contributed by atoms with Gasteiger partial charge in [-0.3, -0.25) is 14.5 Å². The molecular weight excluding hydrogens is 318 g/mol. The van der Waals surface area contributed by atoms with Crippen molar-refractivity contribution < 1.29 is 14.0 Å². The van der Waals surface area contributed by atoms with Gasteiger partial charge in [-0.15, -0.1) is 0 Å². The maximum absolute atomic E-state index is 13.0. The molecule has 1 saturated carbocycles. The zero-order valence-corrected chi connectivity index (χ0v) is 14.3. The molecule has 1 aromatic heterocycles. The molecule has 1 aromatic carbocycles. The Morgan fingerprint density at radius 2 is 1.84 bits per heavy atom. The molecule has 2 aliphatic rings. The summed E-state index contributed by atoms with van der Waals surface area (Å²) in [6.45, 7) is 2.07. The SMILES string of the molecule is Cc1ccc2c(CN3C(=O)CC4(CCCCC4)C3=O)cc(=O)oc2c1. The highest BCUT2D eigenvalue weighted by atomic mass is 16.4. The zero-order valence-electron chi connectivity index (χ0n) is 14.3. The van der Waals surface area contributed by atoms with Crippen LogP contribution in [0.4, 0.5) is 0 Å². The molecule has 1 aliphatic carbocycles. The van der Waals surface area contributed by atoms with E-state index in [0.717, 1.165) is 43.1 Å². The Bertz CT molecular complexity index is 921. The number of carbonyl (C=O) groups excluding carboxylic acids is 2. The van der Waals surface area contributed by atoms with E-state index in [4.69, 9.17) is 4.42 Å². The molecular formula is C20H21NO4. The Labute approximate surface area is 145 Å². The van der Waals surface area contributed by atoms with Crippen molar-refractivity contribution >= 4 is 22.8 Å². The number of hydrogen-bond acceptors (Lipinski definition) is 4. The second-order valence-electron chi connectivity index (χ2n) is 7.39. The minimum absolute atomic E-state index is 0.0642. The molecule has 0 radical (unpaired) electrons. The van der Waals surface area contributed by atoms with E-state index < -0.39 is 11.0 Å². The standard InChI is InChI=1S/C20H21NO4/c1-13-5-6-15-14(10-18(23)25-16(15)9-13)12-21-17(22)11-20(19(21)24)7-3-2-4-8-20/h5-6,9-10H,2-4,7-8,11-12H2,1H3. The first-order valence-electron chi connectivity index (χ1n) is 8.87. The summed E-state index contributed by atoms with van der Waals surface area (Å²) in [5, 5.41) is 0.774. The zero-order chi connectivity index (χ0) is 17.6. The predicted molar refractivity (Wildman–Crippen MR) is 92.9 cm³/mol. The fourth-order valence-electron chi connectivity index (χ4n) is 4.28. The highest BCUT2D eigenvalue weighted by Crippen LogP contribution is 2.45. The molecule has 1 spiro atoms. The van der Waals surface area contributed by atoms with Crippen LogP contribution in [0, 0.1) is 12.3 Å². The number of imide groups is 1. The number of benzene rings is 1. The minimum Gasteiger partial charge on any atom is -0.423 e. The lowest BCUT2D eigenvalue weighted by atomic mass is 9.73. The van der Waals surface area contributed by atoms with Crippen LogP contribution < -0.4 is 5.63 Å². The third-order valence-corrected chi connectivity index (χ3v) is 5.61. The van der Waals surface area contributed by atoms with E-state index in [2.05, 4.69) is 0 Å². The van der Waals surface area contributed by atoms with E-state index >= 15 is 0 Å². The molecule has 1 saturated heterocycles. The van der Waals surface area contributed by atoms with Gasteiger partial charge in [-0.25, -0.2) is 4.79 Å². The van der Waals surface area contributed by atoms with Gasteiger partial charge in [0.15, 0.2) is 0 Å². The summed E-state index contributed by atoms with van der Waals surface area (Å²) in [5.74, 6) is -0.189. The van der Waals surface area contributed by atoms with Crippen LogP contribution in [0.5, 0.6) is 0 Å². The van der Waals surface area contributed by atoms with Gasteiger partial charge in [0.1, 0.15) is 5.58 Å². The normalized spacial score (nSPS) is 20.0. The van der Waals surface area contributed by atoms with Crippen LogP contribution in [0.2, 0.25) is 0 Å². The summed E-state index contributed by atoms with van der Waals surface area (Å²) < 4.78 is 5.27. The summed E-state index contributed by atoms with van der Waals surface area (Å²) in [7, 11) is 0. The van der Waals surface area contributed by atoms with Crippen molar-refractivity contribution in [2.75, 3.05) is 0 Å². The molecule has 2 aromatic rings. The lowest BCUT2D eigenvalue weighted by Gasteiger charge is -2.30. The highest BCUT2D eigenvalue weighted by Gasteiger charge is 2.51. The fourth-order valence-corrected chi connectivity index (χ4v) is 4.28. The van der Waals surface area contributed by atoms with Gasteiger partial charge in [-0.2, -0.15) is 0 Å². The summed E-state index contributed by atoms with van der Waals surface area (Å²) in [5.41, 5.74) is 1.19. The van der Waals surface area contributed by atoms with Crippen LogP contribution in [0.1, 0.15) is 49.7 Å². The predicted octanol–water partition coefficient (Wildman–Crippen LogP) is 3.31. The van der Waals surface area contributed by atoms with Gasteiger partial charge < -0.3 is 4.42 Å². The van der Waals surface area contributed by atoms with E-state index in [1.54, 1.807) is 6.07 Å². The molecule has 2 amide bonds. The molecule has 130 valence electrons. The van der Waals surface area contributed by atoms with Crippen molar-refractivity contribution in [1.82, 2.24) is 4.90 Å². The number of fused-ring (bicyclic) bond motifs is 1. The van der Waals surface area contributed by atoms with Gasteiger partial charge in [0.25, 0.3) is 0 Å². The lowest BCUT2D eigenvalue weighted by molar-refractivity contribution is -0.142. The molecule has 2 fully saturated rings. The van der Waals surface area contributed by atoms with Gasteiger partial charge in [-0.1, -0.05) is 31.4 Å². The second kappa shape index (κ2) is 5.83. The fraction of sp³-hybridized carbons (Fsp3) is 0.450. The second-order valence-corrected chi connectivity index (χ2v) is 7.39. The van der Waals surface area contributed by atoms with E-state index in [-0.39, 0.29) is 18.4 Å². The third-order valence-electron chi connectivity index (χ3n) is 5.61. The van der Waals surface area contributed by atoms with Crippen molar-refractivity contribution in [3.63, 3.8) is 0 Å². The largest absolute Gasteiger partial charge is 0.423 e. The molecule has 5 nitrogen and oxygen atoms in total. The first kappa shape index (κ1) is 16.1. The summed E-state index contributed by atoms with van der Waals surface area (Å²) in [6, 6.07) is 7.01. The molecule has 2 heterocycles. The summed E-state index contributed by atoms with van der Waals surface area (Å²) in [4.78, 5) is 38.8. The molecule has 25 heavy (non-hydrogen) atoms. The Hall–Kier alpha value is -2.43. The van der Waals surface area contributed by atoms with E-state index in [1.807, 2.05) is 19.1 Å². The number of carbonyl (C=O) groups is 2. The van der Waals surface area contributed by atoms with Crippen LogP contribution in [0.3, 0.4) is 0 Å². The Kier molecular flexibility index (Phi) is 3.74. The molecule has 4 rings (SSSR count). The monoisotopic (exact) mass is 339 g/mol. The molecule has 0 N–H and O–H groups in total. The number of aryl methyl sites for hydroxylation is 1. The maximum Gasteiger partial charge on any atom is 0.336 e. The van der Waals surface area contributed by atoms with Crippen LogP contribution in [-0.4, -0.2) is 16.7 Å². The average Bonchev–Trinajstić information content (AvgIpc) is 2.79. The van der Waals surface area contributed by atoms with Gasteiger partial charge in [-0.05, 0) is 37.0 Å². The topological polar surface area (TPSA) is 67.6 Å². The summed E-state index contributed by atoms with van der Waals surface area (Å²) >= 11 is 0. The van der Waals surface area contributed by atoms with Crippen LogP contribution >= 0.6 is 0 Å². The quantitative estimate of drug-likeness (QED) is 0.622. The maximum atomic E-state index is 13.0. The number of hydrogen-bond donors (Lipinski definition) is 0. The van der Waals surface area contributed by atoms with Crippen molar-refractivity contribution in [3.8, 4) is 0 Å².